The summed E-state index contributed by atoms with van der Waals surface area (Å²) in [6.07, 6.45) is 3.26. The van der Waals surface area contributed by atoms with Gasteiger partial charge in [0.25, 0.3) is 0 Å². The molecule has 0 spiro atoms. The van der Waals surface area contributed by atoms with Gasteiger partial charge in [0, 0.05) is 18.4 Å². The molecule has 0 radical (unpaired) electrons. The van der Waals surface area contributed by atoms with Gasteiger partial charge < -0.3 is 5.73 Å². The zero-order valence-corrected chi connectivity index (χ0v) is 9.78. The largest absolute Gasteiger partial charge is 0.321 e. The summed E-state index contributed by atoms with van der Waals surface area (Å²) >= 11 is 0. The van der Waals surface area contributed by atoms with Gasteiger partial charge in [-0.2, -0.15) is 0 Å². The Morgan fingerprint density at radius 2 is 1.75 bits per heavy atom. The van der Waals surface area contributed by atoms with E-state index in [-0.39, 0.29) is 5.54 Å². The predicted octanol–water partition coefficient (Wildman–Crippen LogP) is 2.62. The lowest BCUT2D eigenvalue weighted by molar-refractivity contribution is -0.121. The maximum Gasteiger partial charge on any atom is 0.132 e. The van der Waals surface area contributed by atoms with Crippen molar-refractivity contribution in [2.45, 2.75) is 38.1 Å². The maximum absolute atomic E-state index is 11.2. The van der Waals surface area contributed by atoms with Crippen LogP contribution in [0.1, 0.15) is 38.2 Å². The van der Waals surface area contributed by atoms with E-state index in [0.29, 0.717) is 24.5 Å². The third-order valence-corrected chi connectivity index (χ3v) is 3.79. The zero-order valence-electron chi connectivity index (χ0n) is 9.78. The van der Waals surface area contributed by atoms with E-state index in [1.807, 2.05) is 18.2 Å². The van der Waals surface area contributed by atoms with Crippen molar-refractivity contribution in [2.75, 3.05) is 0 Å². The van der Waals surface area contributed by atoms with Gasteiger partial charge >= 0.3 is 0 Å². The van der Waals surface area contributed by atoms with Gasteiger partial charge in [-0.3, -0.25) is 4.79 Å². The summed E-state index contributed by atoms with van der Waals surface area (Å²) < 4.78 is 0. The summed E-state index contributed by atoms with van der Waals surface area (Å²) in [7, 11) is 0. The quantitative estimate of drug-likeness (QED) is 0.827. The monoisotopic (exact) mass is 217 g/mol. The van der Waals surface area contributed by atoms with Crippen LogP contribution in [0.15, 0.2) is 30.3 Å². The van der Waals surface area contributed by atoms with Crippen molar-refractivity contribution in [1.29, 1.82) is 0 Å². The molecule has 86 valence electrons. The van der Waals surface area contributed by atoms with E-state index in [2.05, 4.69) is 19.1 Å². The van der Waals surface area contributed by atoms with Crippen LogP contribution in [0.2, 0.25) is 0 Å². The molecule has 0 bridgehead atoms. The Bertz CT molecular complexity index is 360. The normalized spacial score (nSPS) is 21.8. The van der Waals surface area contributed by atoms with E-state index in [4.69, 9.17) is 5.73 Å². The van der Waals surface area contributed by atoms with Gasteiger partial charge in [0.05, 0.1) is 0 Å². The molecule has 2 heteroatoms. The van der Waals surface area contributed by atoms with Gasteiger partial charge in [-0.25, -0.2) is 0 Å². The van der Waals surface area contributed by atoms with E-state index in [9.17, 15) is 4.79 Å². The Labute approximate surface area is 96.8 Å². The molecule has 1 aromatic rings. The van der Waals surface area contributed by atoms with Gasteiger partial charge in [0.2, 0.25) is 0 Å². The Kier molecular flexibility index (Phi) is 3.10. The number of hydrogen-bond donors (Lipinski definition) is 1. The molecule has 1 saturated carbocycles. The van der Waals surface area contributed by atoms with E-state index < -0.39 is 0 Å². The molecular weight excluding hydrogens is 198 g/mol. The first-order chi connectivity index (χ1) is 7.60. The zero-order chi connectivity index (χ0) is 11.6. The number of ketones is 1. The van der Waals surface area contributed by atoms with Crippen molar-refractivity contribution < 1.29 is 4.79 Å². The molecule has 2 rings (SSSR count). The van der Waals surface area contributed by atoms with Crippen LogP contribution in [0.4, 0.5) is 0 Å². The Morgan fingerprint density at radius 3 is 2.31 bits per heavy atom. The van der Waals surface area contributed by atoms with Crippen molar-refractivity contribution in [3.63, 3.8) is 0 Å². The number of carbonyl (C=O) groups excluding carboxylic acids is 1. The minimum Gasteiger partial charge on any atom is -0.321 e. The maximum atomic E-state index is 11.2. The Hall–Kier alpha value is -1.15. The molecule has 0 saturated heterocycles. The van der Waals surface area contributed by atoms with Crippen LogP contribution in [0.25, 0.3) is 0 Å². The van der Waals surface area contributed by atoms with Crippen molar-refractivity contribution in [3.8, 4) is 0 Å². The number of hydrogen-bond acceptors (Lipinski definition) is 2. The van der Waals surface area contributed by atoms with Crippen LogP contribution in [0.3, 0.4) is 0 Å². The molecule has 1 atom stereocenters. The van der Waals surface area contributed by atoms with E-state index in [1.54, 1.807) is 0 Å². The summed E-state index contributed by atoms with van der Waals surface area (Å²) in [5.74, 6) is 0.813. The fourth-order valence-electron chi connectivity index (χ4n) is 2.57. The highest BCUT2D eigenvalue weighted by atomic mass is 16.1. The smallest absolute Gasteiger partial charge is 0.132 e. The lowest BCUT2D eigenvalue weighted by Gasteiger charge is -2.36. The highest BCUT2D eigenvalue weighted by Gasteiger charge is 2.34. The number of nitrogens with two attached hydrogens (primary N) is 1. The Balaban J connectivity index is 2.16. The highest BCUT2D eigenvalue weighted by Crippen LogP contribution is 2.36. The third-order valence-electron chi connectivity index (χ3n) is 3.79. The molecule has 0 unspecified atom stereocenters. The summed E-state index contributed by atoms with van der Waals surface area (Å²) in [4.78, 5) is 11.2. The molecular formula is C14H19NO. The molecule has 1 aliphatic carbocycles. The van der Waals surface area contributed by atoms with Gasteiger partial charge in [0.15, 0.2) is 0 Å². The van der Waals surface area contributed by atoms with Crippen LogP contribution in [0.5, 0.6) is 0 Å². The van der Waals surface area contributed by atoms with Crippen LogP contribution < -0.4 is 5.73 Å². The van der Waals surface area contributed by atoms with Crippen molar-refractivity contribution in [2.24, 2.45) is 11.7 Å². The molecule has 0 aliphatic heterocycles. The number of benzene rings is 1. The van der Waals surface area contributed by atoms with Crippen LogP contribution in [0, 0.1) is 5.92 Å². The second-order valence-corrected chi connectivity index (χ2v) is 4.96. The van der Waals surface area contributed by atoms with Crippen LogP contribution >= 0.6 is 0 Å². The summed E-state index contributed by atoms with van der Waals surface area (Å²) in [6, 6.07) is 10.2. The lowest BCUT2D eigenvalue weighted by atomic mass is 9.72. The van der Waals surface area contributed by atoms with Gasteiger partial charge in [-0.15, -0.1) is 0 Å². The average Bonchev–Trinajstić information content (AvgIpc) is 2.31. The van der Waals surface area contributed by atoms with Gasteiger partial charge in [0.1, 0.15) is 5.78 Å². The highest BCUT2D eigenvalue weighted by molar-refractivity contribution is 5.79. The first-order valence-corrected chi connectivity index (χ1v) is 5.97. The van der Waals surface area contributed by atoms with Gasteiger partial charge in [-0.05, 0) is 31.2 Å². The average molecular weight is 217 g/mol. The fourth-order valence-corrected chi connectivity index (χ4v) is 2.57. The number of carbonyl (C=O) groups is 1. The topological polar surface area (TPSA) is 43.1 Å². The molecule has 0 amide bonds. The minimum atomic E-state index is -0.304. The summed E-state index contributed by atoms with van der Waals surface area (Å²) in [5.41, 5.74) is 7.32. The standard InChI is InChI=1S/C14H19NO/c1-14(15,11-5-3-2-4-6-11)12-7-9-13(16)10-8-12/h2-6,12H,7-10,15H2,1H3/t14-/m1/s1. The van der Waals surface area contributed by atoms with Crippen molar-refractivity contribution >= 4 is 5.78 Å². The summed E-state index contributed by atoms with van der Waals surface area (Å²) in [5, 5.41) is 0. The molecule has 2 nitrogen and oxygen atoms in total. The minimum absolute atomic E-state index is 0.304. The molecule has 1 aliphatic rings. The van der Waals surface area contributed by atoms with E-state index in [0.717, 1.165) is 12.8 Å². The van der Waals surface area contributed by atoms with Crippen molar-refractivity contribution in [3.05, 3.63) is 35.9 Å². The van der Waals surface area contributed by atoms with Crippen LogP contribution in [-0.4, -0.2) is 5.78 Å². The SMILES string of the molecule is C[C@@](N)(c1ccccc1)C1CCC(=O)CC1. The molecule has 2 N–H and O–H groups in total. The molecule has 0 heterocycles. The van der Waals surface area contributed by atoms with Crippen molar-refractivity contribution in [1.82, 2.24) is 0 Å². The van der Waals surface area contributed by atoms with Gasteiger partial charge in [-0.1, -0.05) is 30.3 Å². The first-order valence-electron chi connectivity index (χ1n) is 5.97. The Morgan fingerprint density at radius 1 is 1.19 bits per heavy atom. The fraction of sp³-hybridized carbons (Fsp3) is 0.500. The summed E-state index contributed by atoms with van der Waals surface area (Å²) in [6.45, 7) is 2.09. The second kappa shape index (κ2) is 4.38. The first kappa shape index (κ1) is 11.3. The number of Topliss-reactive ketones (excluding diaryl/α,β-unsaturated/α-hetero) is 1. The second-order valence-electron chi connectivity index (χ2n) is 4.96. The lowest BCUT2D eigenvalue weighted by Crippen LogP contribution is -2.42. The molecule has 1 aromatic carbocycles. The molecule has 16 heavy (non-hydrogen) atoms. The third kappa shape index (κ3) is 2.17. The molecule has 0 aromatic heterocycles. The van der Waals surface area contributed by atoms with Crippen LogP contribution in [-0.2, 0) is 10.3 Å². The van der Waals surface area contributed by atoms with E-state index in [1.165, 1.54) is 5.56 Å². The van der Waals surface area contributed by atoms with E-state index >= 15 is 0 Å². The number of rotatable bonds is 2. The molecule has 1 fully saturated rings. The predicted molar refractivity (Wildman–Crippen MR) is 64.9 cm³/mol.